The number of benzene rings is 2. The average molecular weight is 555 g/mol. The van der Waals surface area contributed by atoms with Crippen molar-refractivity contribution < 1.29 is 13.9 Å². The molecule has 0 aromatic heterocycles. The quantitative estimate of drug-likeness (QED) is 0.278. The van der Waals surface area contributed by atoms with Crippen molar-refractivity contribution in [3.63, 3.8) is 0 Å². The van der Waals surface area contributed by atoms with Gasteiger partial charge in [0, 0.05) is 45.8 Å². The third kappa shape index (κ3) is 8.03. The van der Waals surface area contributed by atoms with Gasteiger partial charge in [0.15, 0.2) is 5.96 Å². The van der Waals surface area contributed by atoms with Crippen molar-refractivity contribution in [3.8, 4) is 0 Å². The molecule has 0 radical (unpaired) electrons. The number of aliphatic imine (C=N–C) groups is 1. The first-order valence-corrected chi connectivity index (χ1v) is 10.4. The summed E-state index contributed by atoms with van der Waals surface area (Å²) in [6.45, 7) is 5.70. The summed E-state index contributed by atoms with van der Waals surface area (Å²) in [5.41, 5.74) is 2.84. The highest BCUT2D eigenvalue weighted by atomic mass is 127. The molecule has 0 aliphatic carbocycles. The minimum absolute atomic E-state index is 0. The van der Waals surface area contributed by atoms with Crippen LogP contribution in [0.5, 0.6) is 0 Å². The highest BCUT2D eigenvalue weighted by Gasteiger charge is 2.23. The van der Waals surface area contributed by atoms with E-state index in [1.54, 1.807) is 7.05 Å². The first kappa shape index (κ1) is 26.0. The van der Waals surface area contributed by atoms with Gasteiger partial charge in [-0.2, -0.15) is 0 Å². The van der Waals surface area contributed by atoms with Crippen LogP contribution in [0.4, 0.5) is 10.1 Å². The van der Waals surface area contributed by atoms with Crippen molar-refractivity contribution >= 4 is 41.5 Å². The van der Waals surface area contributed by atoms with Crippen LogP contribution in [0.3, 0.4) is 0 Å². The lowest BCUT2D eigenvalue weighted by Crippen LogP contribution is -2.46. The standard InChI is InChI=1S/C23H30FN5O2.HI/c1-17(30)28-21-5-3-4-18(14-21)15-26-23(25-2)27-16-22(29-10-12-31-13-11-29)19-6-8-20(24)9-7-19;/h3-9,14,22H,10-13,15-16H2,1-2H3,(H,28,30)(H2,25,26,27);1H. The van der Waals surface area contributed by atoms with E-state index in [0.717, 1.165) is 29.9 Å². The summed E-state index contributed by atoms with van der Waals surface area (Å²) in [5.74, 6) is 0.333. The van der Waals surface area contributed by atoms with Crippen molar-refractivity contribution in [2.24, 2.45) is 4.99 Å². The van der Waals surface area contributed by atoms with Gasteiger partial charge in [-0.05, 0) is 35.4 Å². The molecule has 7 nitrogen and oxygen atoms in total. The average Bonchev–Trinajstić information content (AvgIpc) is 2.77. The van der Waals surface area contributed by atoms with Crippen LogP contribution in [0.25, 0.3) is 0 Å². The van der Waals surface area contributed by atoms with Gasteiger partial charge in [0.1, 0.15) is 5.82 Å². The lowest BCUT2D eigenvalue weighted by molar-refractivity contribution is -0.114. The number of hydrogen-bond acceptors (Lipinski definition) is 4. The number of carbonyl (C=O) groups excluding carboxylic acids is 1. The van der Waals surface area contributed by atoms with Crippen molar-refractivity contribution in [2.75, 3.05) is 45.2 Å². The topological polar surface area (TPSA) is 78.0 Å². The van der Waals surface area contributed by atoms with E-state index in [4.69, 9.17) is 4.74 Å². The van der Waals surface area contributed by atoms with Gasteiger partial charge in [-0.3, -0.25) is 14.7 Å². The fraction of sp³-hybridized carbons (Fsp3) is 0.391. The van der Waals surface area contributed by atoms with Crippen molar-refractivity contribution in [3.05, 3.63) is 65.5 Å². The van der Waals surface area contributed by atoms with Gasteiger partial charge >= 0.3 is 0 Å². The van der Waals surface area contributed by atoms with E-state index in [0.29, 0.717) is 32.3 Å². The second-order valence-corrected chi connectivity index (χ2v) is 7.40. The first-order chi connectivity index (χ1) is 15.0. The monoisotopic (exact) mass is 555 g/mol. The Labute approximate surface area is 205 Å². The first-order valence-electron chi connectivity index (χ1n) is 10.4. The summed E-state index contributed by atoms with van der Waals surface area (Å²) in [6.07, 6.45) is 0. The Morgan fingerprint density at radius 2 is 1.88 bits per heavy atom. The lowest BCUT2D eigenvalue weighted by Gasteiger charge is -2.35. The zero-order chi connectivity index (χ0) is 22.1. The van der Waals surface area contributed by atoms with Crippen LogP contribution in [-0.4, -0.2) is 56.7 Å². The Kier molecular flexibility index (Phi) is 10.8. The summed E-state index contributed by atoms with van der Waals surface area (Å²) < 4.78 is 18.9. The maximum absolute atomic E-state index is 13.4. The second-order valence-electron chi connectivity index (χ2n) is 7.40. The van der Waals surface area contributed by atoms with E-state index in [2.05, 4.69) is 25.8 Å². The molecule has 174 valence electrons. The van der Waals surface area contributed by atoms with Crippen LogP contribution in [0.1, 0.15) is 24.1 Å². The number of nitrogens with zero attached hydrogens (tertiary/aromatic N) is 2. The van der Waals surface area contributed by atoms with Crippen molar-refractivity contribution in [1.29, 1.82) is 0 Å². The molecule has 0 saturated carbocycles. The summed E-state index contributed by atoms with van der Waals surface area (Å²) >= 11 is 0. The largest absolute Gasteiger partial charge is 0.379 e. The van der Waals surface area contributed by atoms with Crippen LogP contribution in [0.2, 0.25) is 0 Å². The van der Waals surface area contributed by atoms with Gasteiger partial charge in [-0.15, -0.1) is 24.0 Å². The van der Waals surface area contributed by atoms with Gasteiger partial charge in [-0.25, -0.2) is 4.39 Å². The number of carbonyl (C=O) groups is 1. The number of nitrogens with one attached hydrogen (secondary N) is 3. The number of halogens is 2. The second kappa shape index (κ2) is 13.3. The molecular formula is C23H31FIN5O2. The molecule has 1 atom stereocenters. The molecule has 32 heavy (non-hydrogen) atoms. The molecule has 0 spiro atoms. The third-order valence-corrected chi connectivity index (χ3v) is 5.13. The molecule has 1 saturated heterocycles. The van der Waals surface area contributed by atoms with E-state index in [9.17, 15) is 9.18 Å². The Morgan fingerprint density at radius 3 is 2.53 bits per heavy atom. The van der Waals surface area contributed by atoms with E-state index >= 15 is 0 Å². The minimum atomic E-state index is -0.239. The third-order valence-electron chi connectivity index (χ3n) is 5.13. The minimum Gasteiger partial charge on any atom is -0.379 e. The molecule has 1 heterocycles. The number of anilines is 1. The molecular weight excluding hydrogens is 524 g/mol. The van der Waals surface area contributed by atoms with Crippen molar-refractivity contribution in [2.45, 2.75) is 19.5 Å². The SMILES string of the molecule is CN=C(NCc1cccc(NC(C)=O)c1)NCC(c1ccc(F)cc1)N1CCOCC1.I. The normalized spacial score (nSPS) is 15.4. The Balaban J connectivity index is 0.00000363. The smallest absolute Gasteiger partial charge is 0.221 e. The predicted octanol–water partition coefficient (Wildman–Crippen LogP) is 3.14. The van der Waals surface area contributed by atoms with Gasteiger partial charge in [0.05, 0.1) is 19.3 Å². The summed E-state index contributed by atoms with van der Waals surface area (Å²) in [6, 6.07) is 14.4. The van der Waals surface area contributed by atoms with E-state index in [1.807, 2.05) is 36.4 Å². The number of hydrogen-bond donors (Lipinski definition) is 3. The van der Waals surface area contributed by atoms with Crippen LogP contribution < -0.4 is 16.0 Å². The highest BCUT2D eigenvalue weighted by Crippen LogP contribution is 2.21. The van der Waals surface area contributed by atoms with Gasteiger partial charge in [0.2, 0.25) is 5.91 Å². The number of rotatable bonds is 7. The molecule has 0 bridgehead atoms. The molecule has 1 aliphatic rings. The number of morpholine rings is 1. The van der Waals surface area contributed by atoms with Gasteiger partial charge in [-0.1, -0.05) is 24.3 Å². The molecule has 1 unspecified atom stereocenters. The maximum Gasteiger partial charge on any atom is 0.221 e. The summed E-state index contributed by atoms with van der Waals surface area (Å²) in [4.78, 5) is 17.9. The van der Waals surface area contributed by atoms with Gasteiger partial charge in [0.25, 0.3) is 0 Å². The molecule has 9 heteroatoms. The molecule has 1 aliphatic heterocycles. The van der Waals surface area contributed by atoms with E-state index in [1.165, 1.54) is 19.1 Å². The zero-order valence-electron chi connectivity index (χ0n) is 18.4. The molecule has 1 fully saturated rings. The fourth-order valence-electron chi connectivity index (χ4n) is 3.59. The molecule has 3 N–H and O–H groups in total. The van der Waals surface area contributed by atoms with Crippen molar-refractivity contribution in [1.82, 2.24) is 15.5 Å². The Bertz CT molecular complexity index is 888. The zero-order valence-corrected chi connectivity index (χ0v) is 20.8. The van der Waals surface area contributed by atoms with E-state index < -0.39 is 0 Å². The lowest BCUT2D eigenvalue weighted by atomic mass is 10.0. The van der Waals surface area contributed by atoms with Crippen LogP contribution in [0, 0.1) is 5.82 Å². The molecule has 2 aromatic rings. The summed E-state index contributed by atoms with van der Waals surface area (Å²) in [5, 5.41) is 9.49. The number of ether oxygens (including phenoxy) is 1. The number of guanidine groups is 1. The maximum atomic E-state index is 13.4. The highest BCUT2D eigenvalue weighted by molar-refractivity contribution is 14.0. The van der Waals surface area contributed by atoms with Gasteiger partial charge < -0.3 is 20.7 Å². The molecule has 2 aromatic carbocycles. The van der Waals surface area contributed by atoms with Crippen LogP contribution in [-0.2, 0) is 16.1 Å². The molecule has 3 rings (SSSR count). The van der Waals surface area contributed by atoms with E-state index in [-0.39, 0.29) is 41.7 Å². The predicted molar refractivity (Wildman–Crippen MR) is 136 cm³/mol. The van der Waals surface area contributed by atoms with Crippen LogP contribution >= 0.6 is 24.0 Å². The Morgan fingerprint density at radius 1 is 1.16 bits per heavy atom. The van der Waals surface area contributed by atoms with Crippen LogP contribution in [0.15, 0.2) is 53.5 Å². The Hall–Kier alpha value is -2.24. The number of amides is 1. The summed E-state index contributed by atoms with van der Waals surface area (Å²) in [7, 11) is 1.73. The fourth-order valence-corrected chi connectivity index (χ4v) is 3.59. The molecule has 1 amide bonds.